The lowest BCUT2D eigenvalue weighted by Crippen LogP contribution is -2.11. The molecule has 0 aromatic carbocycles. The van der Waals surface area contributed by atoms with Gasteiger partial charge in [-0.05, 0) is 43.2 Å². The second-order valence-corrected chi connectivity index (χ2v) is 4.97. The van der Waals surface area contributed by atoms with Crippen LogP contribution in [0.1, 0.15) is 55.3 Å². The molecule has 0 spiro atoms. The zero-order valence-electron chi connectivity index (χ0n) is 10.0. The highest BCUT2D eigenvalue weighted by molar-refractivity contribution is 5.36. The maximum absolute atomic E-state index is 8.99. The van der Waals surface area contributed by atoms with Crippen LogP contribution in [-0.2, 0) is 0 Å². The summed E-state index contributed by atoms with van der Waals surface area (Å²) in [6.07, 6.45) is 7.06. The summed E-state index contributed by atoms with van der Waals surface area (Å²) in [4.78, 5) is 4.32. The highest BCUT2D eigenvalue weighted by Gasteiger charge is 2.20. The molecule has 1 saturated carbocycles. The predicted octanol–water partition coefficient (Wildman–Crippen LogP) is 3.56. The number of pyridine rings is 1. The Balaban J connectivity index is 2.18. The Morgan fingerprint density at radius 2 is 2.00 bits per heavy atom. The Morgan fingerprint density at radius 1 is 1.31 bits per heavy atom. The van der Waals surface area contributed by atoms with Crippen molar-refractivity contribution in [2.75, 3.05) is 0 Å². The van der Waals surface area contributed by atoms with Crippen molar-refractivity contribution in [3.05, 3.63) is 29.1 Å². The molecule has 0 amide bonds. The summed E-state index contributed by atoms with van der Waals surface area (Å²) in [5.41, 5.74) is 2.83. The molecule has 1 aliphatic carbocycles. The molecule has 0 radical (unpaired) electrons. The lowest BCUT2D eigenvalue weighted by atomic mass is 9.79. The molecule has 0 unspecified atom stereocenters. The monoisotopic (exact) mass is 214 g/mol. The van der Waals surface area contributed by atoms with Crippen LogP contribution in [0.15, 0.2) is 12.3 Å². The van der Waals surface area contributed by atoms with Gasteiger partial charge >= 0.3 is 0 Å². The molecule has 1 aromatic rings. The summed E-state index contributed by atoms with van der Waals surface area (Å²) in [5, 5.41) is 8.99. The molecule has 16 heavy (non-hydrogen) atoms. The highest BCUT2D eigenvalue weighted by atomic mass is 14.7. The number of nitriles is 1. The fourth-order valence-electron chi connectivity index (χ4n) is 2.48. The lowest BCUT2D eigenvalue weighted by Gasteiger charge is -2.26. The molecule has 84 valence electrons. The third-order valence-electron chi connectivity index (χ3n) is 3.72. The van der Waals surface area contributed by atoms with Crippen LogP contribution in [0.5, 0.6) is 0 Å². The molecule has 1 aromatic heterocycles. The smallest absolute Gasteiger partial charge is 0.101 e. The number of hydrogen-bond acceptors (Lipinski definition) is 2. The fourth-order valence-corrected chi connectivity index (χ4v) is 2.48. The van der Waals surface area contributed by atoms with Crippen LogP contribution >= 0.6 is 0 Å². The van der Waals surface area contributed by atoms with Crippen molar-refractivity contribution < 1.29 is 0 Å². The van der Waals surface area contributed by atoms with E-state index in [4.69, 9.17) is 5.26 Å². The summed E-state index contributed by atoms with van der Waals surface area (Å²) < 4.78 is 0. The van der Waals surface area contributed by atoms with Crippen LogP contribution in [0.4, 0.5) is 0 Å². The molecule has 1 fully saturated rings. The number of nitrogens with zero attached hydrogens (tertiary/aromatic N) is 2. The van der Waals surface area contributed by atoms with Crippen molar-refractivity contribution in [1.29, 1.82) is 5.26 Å². The second-order valence-electron chi connectivity index (χ2n) is 4.97. The van der Waals surface area contributed by atoms with Gasteiger partial charge in [0.15, 0.2) is 0 Å². The van der Waals surface area contributed by atoms with Crippen molar-refractivity contribution in [3.63, 3.8) is 0 Å². The molecule has 0 bridgehead atoms. The van der Waals surface area contributed by atoms with E-state index in [2.05, 4.69) is 18.0 Å². The first-order valence-corrected chi connectivity index (χ1v) is 6.07. The van der Waals surface area contributed by atoms with Gasteiger partial charge in [0.25, 0.3) is 0 Å². The van der Waals surface area contributed by atoms with Gasteiger partial charge in [0, 0.05) is 6.20 Å². The number of rotatable bonds is 1. The number of aryl methyl sites for hydroxylation is 1. The summed E-state index contributed by atoms with van der Waals surface area (Å²) in [7, 11) is 0. The van der Waals surface area contributed by atoms with Crippen molar-refractivity contribution in [3.8, 4) is 6.07 Å². The van der Waals surface area contributed by atoms with Gasteiger partial charge in [0.2, 0.25) is 0 Å². The normalized spacial score (nSPS) is 25.1. The first kappa shape index (κ1) is 11.1. The quantitative estimate of drug-likeness (QED) is 0.716. The van der Waals surface area contributed by atoms with Crippen molar-refractivity contribution >= 4 is 0 Å². The summed E-state index contributed by atoms with van der Waals surface area (Å²) in [6.45, 7) is 4.22. The molecule has 2 heteroatoms. The topological polar surface area (TPSA) is 36.7 Å². The molecule has 2 nitrogen and oxygen atoms in total. The van der Waals surface area contributed by atoms with Crippen molar-refractivity contribution in [2.45, 2.75) is 45.4 Å². The third-order valence-corrected chi connectivity index (χ3v) is 3.72. The van der Waals surface area contributed by atoms with Gasteiger partial charge in [0.1, 0.15) is 6.07 Å². The van der Waals surface area contributed by atoms with Crippen LogP contribution in [0.25, 0.3) is 0 Å². The zero-order valence-corrected chi connectivity index (χ0v) is 10.0. The van der Waals surface area contributed by atoms with Gasteiger partial charge in [0.05, 0.1) is 11.3 Å². The molecule has 1 heterocycles. The Bertz CT molecular complexity index is 409. The van der Waals surface area contributed by atoms with Crippen LogP contribution in [-0.4, -0.2) is 4.98 Å². The van der Waals surface area contributed by atoms with Crippen LogP contribution in [0.2, 0.25) is 0 Å². The molecule has 0 aliphatic heterocycles. The molecule has 0 saturated heterocycles. The van der Waals surface area contributed by atoms with E-state index in [1.165, 1.54) is 31.2 Å². The highest BCUT2D eigenvalue weighted by Crippen LogP contribution is 2.35. The first-order chi connectivity index (χ1) is 7.70. The molecular formula is C14H18N2. The standard InChI is InChI=1S/C14H18N2/c1-10-3-5-12(6-4-10)14-7-13(8-15)11(2)16-9-14/h7,9-10,12H,3-6H2,1-2H3. The maximum Gasteiger partial charge on any atom is 0.101 e. The maximum atomic E-state index is 8.99. The van der Waals surface area contributed by atoms with Crippen LogP contribution in [0, 0.1) is 24.2 Å². The van der Waals surface area contributed by atoms with E-state index in [0.29, 0.717) is 5.92 Å². The average molecular weight is 214 g/mol. The van der Waals surface area contributed by atoms with Crippen molar-refractivity contribution in [1.82, 2.24) is 4.98 Å². The molecule has 0 atom stereocenters. The number of hydrogen-bond donors (Lipinski definition) is 0. The van der Waals surface area contributed by atoms with E-state index in [1.807, 2.05) is 19.2 Å². The SMILES string of the molecule is Cc1ncc(C2CCC(C)CC2)cc1C#N. The fraction of sp³-hybridized carbons (Fsp3) is 0.571. The lowest BCUT2D eigenvalue weighted by molar-refractivity contribution is 0.347. The summed E-state index contributed by atoms with van der Waals surface area (Å²) in [5.74, 6) is 1.49. The minimum Gasteiger partial charge on any atom is -0.260 e. The predicted molar refractivity (Wildman–Crippen MR) is 64.1 cm³/mol. The van der Waals surface area contributed by atoms with Crippen LogP contribution < -0.4 is 0 Å². The van der Waals surface area contributed by atoms with E-state index in [9.17, 15) is 0 Å². The van der Waals surface area contributed by atoms with E-state index in [0.717, 1.165) is 17.2 Å². The van der Waals surface area contributed by atoms with Gasteiger partial charge in [-0.3, -0.25) is 4.98 Å². The molecule has 1 aliphatic rings. The Kier molecular flexibility index (Phi) is 3.24. The molecular weight excluding hydrogens is 196 g/mol. The van der Waals surface area contributed by atoms with E-state index in [-0.39, 0.29) is 0 Å². The average Bonchev–Trinajstić information content (AvgIpc) is 2.31. The number of aromatic nitrogens is 1. The van der Waals surface area contributed by atoms with E-state index >= 15 is 0 Å². The summed E-state index contributed by atoms with van der Waals surface area (Å²) in [6, 6.07) is 4.25. The Hall–Kier alpha value is -1.36. The van der Waals surface area contributed by atoms with Gasteiger partial charge in [-0.25, -0.2) is 0 Å². The van der Waals surface area contributed by atoms with Crippen molar-refractivity contribution in [2.24, 2.45) is 5.92 Å². The minimum absolute atomic E-state index is 0.622. The molecule has 2 rings (SSSR count). The second kappa shape index (κ2) is 4.65. The Morgan fingerprint density at radius 3 is 2.62 bits per heavy atom. The minimum atomic E-state index is 0.622. The van der Waals surface area contributed by atoms with Gasteiger partial charge in [-0.1, -0.05) is 19.8 Å². The van der Waals surface area contributed by atoms with Gasteiger partial charge in [-0.2, -0.15) is 5.26 Å². The Labute approximate surface area is 97.3 Å². The zero-order chi connectivity index (χ0) is 11.5. The van der Waals surface area contributed by atoms with Crippen LogP contribution in [0.3, 0.4) is 0 Å². The van der Waals surface area contributed by atoms with Gasteiger partial charge < -0.3 is 0 Å². The molecule has 0 N–H and O–H groups in total. The third kappa shape index (κ3) is 2.24. The van der Waals surface area contributed by atoms with Gasteiger partial charge in [-0.15, -0.1) is 0 Å². The first-order valence-electron chi connectivity index (χ1n) is 6.07. The summed E-state index contributed by atoms with van der Waals surface area (Å²) >= 11 is 0. The largest absolute Gasteiger partial charge is 0.260 e. The van der Waals surface area contributed by atoms with E-state index in [1.54, 1.807) is 0 Å². The van der Waals surface area contributed by atoms with E-state index < -0.39 is 0 Å².